The maximum atomic E-state index is 12.2. The van der Waals surface area contributed by atoms with E-state index in [1.54, 1.807) is 24.3 Å². The van der Waals surface area contributed by atoms with Gasteiger partial charge in [-0.3, -0.25) is 4.79 Å². The van der Waals surface area contributed by atoms with Crippen LogP contribution in [0.25, 0.3) is 0 Å². The third-order valence-electron chi connectivity index (χ3n) is 2.83. The molecule has 0 aromatic heterocycles. The van der Waals surface area contributed by atoms with Crippen molar-refractivity contribution in [2.24, 2.45) is 0 Å². The van der Waals surface area contributed by atoms with Crippen molar-refractivity contribution < 1.29 is 9.90 Å². The molecule has 91 valence electrons. The van der Waals surface area contributed by atoms with Crippen LogP contribution in [0.15, 0.2) is 42.5 Å². The molecule has 2 rings (SSSR count). The average Bonchev–Trinajstić information content (AvgIpc) is 2.42. The summed E-state index contributed by atoms with van der Waals surface area (Å²) in [7, 11) is 0. The molecule has 0 heterocycles. The van der Waals surface area contributed by atoms with E-state index < -0.39 is 0 Å². The highest BCUT2D eigenvalue weighted by atomic mass is 16.3. The molecule has 2 heteroatoms. The highest BCUT2D eigenvalue weighted by Crippen LogP contribution is 2.25. The van der Waals surface area contributed by atoms with Gasteiger partial charge in [0.25, 0.3) is 0 Å². The predicted molar refractivity (Wildman–Crippen MR) is 70.8 cm³/mol. The molecule has 0 aliphatic rings. The van der Waals surface area contributed by atoms with Gasteiger partial charge in [-0.15, -0.1) is 0 Å². The fourth-order valence-corrected chi connectivity index (χ4v) is 1.90. The molecule has 2 aromatic carbocycles. The van der Waals surface area contributed by atoms with Gasteiger partial charge < -0.3 is 5.11 Å². The number of benzene rings is 2. The SMILES string of the molecule is CCCc1[c]ccc(C(=O)c2ccccc2)c1O. The van der Waals surface area contributed by atoms with E-state index in [4.69, 9.17) is 0 Å². The van der Waals surface area contributed by atoms with Gasteiger partial charge in [-0.1, -0.05) is 49.7 Å². The Morgan fingerprint density at radius 1 is 1.22 bits per heavy atom. The van der Waals surface area contributed by atoms with E-state index in [0.29, 0.717) is 16.7 Å². The first-order valence-electron chi connectivity index (χ1n) is 6.06. The van der Waals surface area contributed by atoms with Gasteiger partial charge in [0, 0.05) is 11.1 Å². The van der Waals surface area contributed by atoms with Crippen LogP contribution in [0.3, 0.4) is 0 Å². The lowest BCUT2D eigenvalue weighted by atomic mass is 9.98. The van der Waals surface area contributed by atoms with Crippen molar-refractivity contribution in [2.45, 2.75) is 19.8 Å². The first-order chi connectivity index (χ1) is 8.74. The minimum Gasteiger partial charge on any atom is -0.507 e. The molecule has 1 N–H and O–H groups in total. The fraction of sp³-hybridized carbons (Fsp3) is 0.188. The third-order valence-corrected chi connectivity index (χ3v) is 2.83. The normalized spacial score (nSPS) is 10.3. The number of phenolic OH excluding ortho intramolecular Hbond substituents is 1. The van der Waals surface area contributed by atoms with Gasteiger partial charge in [-0.25, -0.2) is 0 Å². The van der Waals surface area contributed by atoms with Crippen LogP contribution in [-0.4, -0.2) is 10.9 Å². The summed E-state index contributed by atoms with van der Waals surface area (Å²) in [6.45, 7) is 2.03. The van der Waals surface area contributed by atoms with Crippen molar-refractivity contribution in [3.05, 3.63) is 65.2 Å². The zero-order chi connectivity index (χ0) is 13.0. The maximum Gasteiger partial charge on any atom is 0.196 e. The molecule has 2 aromatic rings. The summed E-state index contributed by atoms with van der Waals surface area (Å²) in [6.07, 6.45) is 1.63. The van der Waals surface area contributed by atoms with Gasteiger partial charge in [0.05, 0.1) is 5.56 Å². The molecule has 0 unspecified atom stereocenters. The minimum absolute atomic E-state index is 0.0632. The summed E-state index contributed by atoms with van der Waals surface area (Å²) < 4.78 is 0. The zero-order valence-electron chi connectivity index (χ0n) is 10.3. The topological polar surface area (TPSA) is 37.3 Å². The second-order valence-electron chi connectivity index (χ2n) is 4.16. The molecule has 0 aliphatic heterocycles. The largest absolute Gasteiger partial charge is 0.507 e. The van der Waals surface area contributed by atoms with E-state index in [0.717, 1.165) is 12.8 Å². The van der Waals surface area contributed by atoms with E-state index >= 15 is 0 Å². The zero-order valence-corrected chi connectivity index (χ0v) is 10.3. The van der Waals surface area contributed by atoms with Gasteiger partial charge >= 0.3 is 0 Å². The molecule has 0 saturated carbocycles. The van der Waals surface area contributed by atoms with Crippen molar-refractivity contribution in [3.63, 3.8) is 0 Å². The Bertz CT molecular complexity index is 544. The minimum atomic E-state index is -0.153. The molecule has 0 spiro atoms. The lowest BCUT2D eigenvalue weighted by molar-refractivity contribution is 0.103. The molecule has 0 fully saturated rings. The molecular weight excluding hydrogens is 224 g/mol. The molecule has 0 atom stereocenters. The number of hydrogen-bond donors (Lipinski definition) is 1. The van der Waals surface area contributed by atoms with Crippen LogP contribution in [-0.2, 0) is 6.42 Å². The molecule has 18 heavy (non-hydrogen) atoms. The van der Waals surface area contributed by atoms with Gasteiger partial charge in [0.1, 0.15) is 5.75 Å². The van der Waals surface area contributed by atoms with Crippen molar-refractivity contribution in [2.75, 3.05) is 0 Å². The number of carbonyl (C=O) groups is 1. The van der Waals surface area contributed by atoms with Gasteiger partial charge in [-0.05, 0) is 18.6 Å². The number of carbonyl (C=O) groups excluding carboxylic acids is 1. The van der Waals surface area contributed by atoms with E-state index in [1.807, 2.05) is 25.1 Å². The summed E-state index contributed by atoms with van der Waals surface area (Å²) in [5.41, 5.74) is 1.64. The van der Waals surface area contributed by atoms with Crippen molar-refractivity contribution in [1.29, 1.82) is 0 Å². The smallest absolute Gasteiger partial charge is 0.196 e. The molecule has 1 radical (unpaired) electrons. The molecule has 2 nitrogen and oxygen atoms in total. The Balaban J connectivity index is 2.40. The number of aromatic hydroxyl groups is 1. The fourth-order valence-electron chi connectivity index (χ4n) is 1.90. The first kappa shape index (κ1) is 12.4. The van der Waals surface area contributed by atoms with E-state index in [-0.39, 0.29) is 11.5 Å². The number of hydrogen-bond acceptors (Lipinski definition) is 2. The van der Waals surface area contributed by atoms with Crippen molar-refractivity contribution in [3.8, 4) is 5.75 Å². The second-order valence-corrected chi connectivity index (χ2v) is 4.16. The Morgan fingerprint density at radius 2 is 1.94 bits per heavy atom. The Labute approximate surface area is 107 Å². The van der Waals surface area contributed by atoms with E-state index in [9.17, 15) is 9.90 Å². The number of ketones is 1. The average molecular weight is 239 g/mol. The van der Waals surface area contributed by atoms with E-state index in [2.05, 4.69) is 6.07 Å². The predicted octanol–water partition coefficient (Wildman–Crippen LogP) is 3.38. The first-order valence-corrected chi connectivity index (χ1v) is 6.06. The van der Waals surface area contributed by atoms with E-state index in [1.165, 1.54) is 0 Å². The van der Waals surface area contributed by atoms with Gasteiger partial charge in [0.15, 0.2) is 5.78 Å². The van der Waals surface area contributed by atoms with Crippen LogP contribution in [0.4, 0.5) is 0 Å². The van der Waals surface area contributed by atoms with Crippen LogP contribution >= 0.6 is 0 Å². The molecule has 0 amide bonds. The second kappa shape index (κ2) is 5.50. The highest BCUT2D eigenvalue weighted by molar-refractivity contribution is 6.10. The summed E-state index contributed by atoms with van der Waals surface area (Å²) in [6, 6.07) is 15.3. The summed E-state index contributed by atoms with van der Waals surface area (Å²) in [4.78, 5) is 12.2. The molecule has 0 bridgehead atoms. The van der Waals surface area contributed by atoms with Crippen molar-refractivity contribution in [1.82, 2.24) is 0 Å². The Kier molecular flexibility index (Phi) is 3.78. The summed E-state index contributed by atoms with van der Waals surface area (Å²) in [5, 5.41) is 10.1. The van der Waals surface area contributed by atoms with Crippen LogP contribution in [0.2, 0.25) is 0 Å². The lowest BCUT2D eigenvalue weighted by Gasteiger charge is -2.08. The number of phenols is 1. The summed E-state index contributed by atoms with van der Waals surface area (Å²) in [5.74, 6) is -0.0901. The number of rotatable bonds is 4. The third kappa shape index (κ3) is 2.43. The Hall–Kier alpha value is -2.09. The Morgan fingerprint density at radius 3 is 2.61 bits per heavy atom. The van der Waals surface area contributed by atoms with Gasteiger partial charge in [-0.2, -0.15) is 0 Å². The standard InChI is InChI=1S/C16H15O2/c1-2-7-12-10-6-11-14(15(12)17)16(18)13-8-4-3-5-9-13/h3-6,8-9,11,17H,2,7H2,1H3. The van der Waals surface area contributed by atoms with Crippen LogP contribution in [0.1, 0.15) is 34.8 Å². The molecule has 0 saturated heterocycles. The summed E-state index contributed by atoms with van der Waals surface area (Å²) >= 11 is 0. The van der Waals surface area contributed by atoms with Crippen LogP contribution < -0.4 is 0 Å². The van der Waals surface area contributed by atoms with Gasteiger partial charge in [0.2, 0.25) is 0 Å². The number of aryl methyl sites for hydroxylation is 1. The molecular formula is C16H15O2. The maximum absolute atomic E-state index is 12.2. The van der Waals surface area contributed by atoms with Crippen LogP contribution in [0.5, 0.6) is 5.75 Å². The monoisotopic (exact) mass is 239 g/mol. The lowest BCUT2D eigenvalue weighted by Crippen LogP contribution is -2.02. The van der Waals surface area contributed by atoms with Crippen LogP contribution in [0, 0.1) is 6.07 Å². The highest BCUT2D eigenvalue weighted by Gasteiger charge is 2.15. The molecule has 0 aliphatic carbocycles. The quantitative estimate of drug-likeness (QED) is 0.830. The van der Waals surface area contributed by atoms with Crippen molar-refractivity contribution >= 4 is 5.78 Å².